The van der Waals surface area contributed by atoms with E-state index in [0.29, 0.717) is 17.7 Å². The molecule has 1 aromatic heterocycles. The fourth-order valence-corrected chi connectivity index (χ4v) is 5.84. The Hall–Kier alpha value is -2.36. The van der Waals surface area contributed by atoms with Crippen molar-refractivity contribution in [2.75, 3.05) is 24.7 Å². The van der Waals surface area contributed by atoms with Gasteiger partial charge in [0.25, 0.3) is 0 Å². The minimum Gasteiger partial charge on any atom is -0.351 e. The second kappa shape index (κ2) is 10.1. The van der Waals surface area contributed by atoms with E-state index in [1.165, 1.54) is 0 Å². The van der Waals surface area contributed by atoms with Crippen molar-refractivity contribution in [3.05, 3.63) is 42.1 Å². The number of benzene rings is 1. The highest BCUT2D eigenvalue weighted by molar-refractivity contribution is 8.00. The summed E-state index contributed by atoms with van der Waals surface area (Å²) < 4.78 is 1.78. The van der Waals surface area contributed by atoms with Crippen molar-refractivity contribution in [3.63, 3.8) is 0 Å². The molecule has 1 unspecified atom stereocenters. The number of hydrogen-bond acceptors (Lipinski definition) is 6. The SMILES string of the molecule is CN[C@@H](C)C(=O)NC1CCC[C@@H]2SC[C@@H](C(=O)Nc3cc(C)nn3-c3ccccc3)N2C1. The van der Waals surface area contributed by atoms with E-state index >= 15 is 0 Å². The van der Waals surface area contributed by atoms with E-state index in [4.69, 9.17) is 0 Å². The van der Waals surface area contributed by atoms with Crippen molar-refractivity contribution in [1.82, 2.24) is 25.3 Å². The Morgan fingerprint density at radius 3 is 2.75 bits per heavy atom. The Bertz CT molecular complexity index is 949. The second-order valence-electron chi connectivity index (χ2n) is 8.55. The highest BCUT2D eigenvalue weighted by atomic mass is 32.2. The quantitative estimate of drug-likeness (QED) is 0.617. The van der Waals surface area contributed by atoms with Gasteiger partial charge >= 0.3 is 0 Å². The van der Waals surface area contributed by atoms with Crippen LogP contribution in [0.1, 0.15) is 31.9 Å². The largest absolute Gasteiger partial charge is 0.351 e. The highest BCUT2D eigenvalue weighted by Gasteiger charge is 2.41. The number of amides is 2. The first-order valence-electron chi connectivity index (χ1n) is 11.2. The van der Waals surface area contributed by atoms with Crippen LogP contribution in [0.4, 0.5) is 5.82 Å². The molecule has 2 fully saturated rings. The van der Waals surface area contributed by atoms with Crippen LogP contribution >= 0.6 is 11.8 Å². The van der Waals surface area contributed by atoms with Crippen molar-refractivity contribution in [2.45, 2.75) is 56.6 Å². The van der Waals surface area contributed by atoms with Crippen molar-refractivity contribution in [3.8, 4) is 5.69 Å². The summed E-state index contributed by atoms with van der Waals surface area (Å²) in [5.74, 6) is 1.41. The maximum atomic E-state index is 13.4. The topological polar surface area (TPSA) is 91.3 Å². The molecule has 8 nitrogen and oxygen atoms in total. The number of rotatable bonds is 6. The zero-order chi connectivity index (χ0) is 22.7. The van der Waals surface area contributed by atoms with E-state index in [0.717, 1.165) is 36.4 Å². The van der Waals surface area contributed by atoms with Gasteiger partial charge in [0.1, 0.15) is 5.82 Å². The fourth-order valence-electron chi connectivity index (χ4n) is 4.34. The minimum atomic E-state index is -0.234. The van der Waals surface area contributed by atoms with Gasteiger partial charge in [-0.25, -0.2) is 4.68 Å². The predicted octanol–water partition coefficient (Wildman–Crippen LogP) is 2.14. The predicted molar refractivity (Wildman–Crippen MR) is 128 cm³/mol. The van der Waals surface area contributed by atoms with Crippen LogP contribution in [-0.4, -0.2) is 69.3 Å². The summed E-state index contributed by atoms with van der Waals surface area (Å²) in [7, 11) is 1.78. The molecule has 0 saturated carbocycles. The Morgan fingerprint density at radius 2 is 2.00 bits per heavy atom. The number of nitrogens with one attached hydrogen (secondary N) is 3. The van der Waals surface area contributed by atoms with Gasteiger partial charge in [0.05, 0.1) is 28.8 Å². The van der Waals surface area contributed by atoms with Crippen LogP contribution in [0.3, 0.4) is 0 Å². The van der Waals surface area contributed by atoms with E-state index in [1.807, 2.05) is 62.0 Å². The summed E-state index contributed by atoms with van der Waals surface area (Å²) in [6, 6.07) is 11.3. The molecule has 32 heavy (non-hydrogen) atoms. The van der Waals surface area contributed by atoms with Gasteiger partial charge in [0, 0.05) is 24.4 Å². The molecule has 2 amide bonds. The maximum Gasteiger partial charge on any atom is 0.243 e. The summed E-state index contributed by atoms with van der Waals surface area (Å²) in [6.45, 7) is 4.47. The number of carbonyl (C=O) groups is 2. The number of likely N-dealkylation sites (N-methyl/N-ethyl adjacent to an activating group) is 1. The lowest BCUT2D eigenvalue weighted by Crippen LogP contribution is -2.52. The third kappa shape index (κ3) is 5.00. The first kappa shape index (κ1) is 22.8. The van der Waals surface area contributed by atoms with Crippen LogP contribution < -0.4 is 16.0 Å². The monoisotopic (exact) mass is 456 g/mol. The van der Waals surface area contributed by atoms with Gasteiger partial charge in [0.15, 0.2) is 0 Å². The first-order chi connectivity index (χ1) is 15.5. The van der Waals surface area contributed by atoms with Crippen LogP contribution in [0, 0.1) is 6.92 Å². The Morgan fingerprint density at radius 1 is 1.22 bits per heavy atom. The fraction of sp³-hybridized carbons (Fsp3) is 0.522. The lowest BCUT2D eigenvalue weighted by atomic mass is 10.1. The van der Waals surface area contributed by atoms with Gasteiger partial charge in [-0.2, -0.15) is 5.10 Å². The Labute approximate surface area is 193 Å². The molecule has 0 bridgehead atoms. The second-order valence-corrected chi connectivity index (χ2v) is 9.77. The van der Waals surface area contributed by atoms with Crippen LogP contribution in [0.5, 0.6) is 0 Å². The molecule has 4 rings (SSSR count). The number of carbonyl (C=O) groups excluding carboxylic acids is 2. The summed E-state index contributed by atoms with van der Waals surface area (Å²) in [5.41, 5.74) is 1.75. The van der Waals surface area contributed by atoms with Gasteiger partial charge < -0.3 is 16.0 Å². The van der Waals surface area contributed by atoms with Gasteiger partial charge in [-0.05, 0) is 52.3 Å². The van der Waals surface area contributed by atoms with Gasteiger partial charge in [-0.15, -0.1) is 11.8 Å². The number of anilines is 1. The number of fused-ring (bicyclic) bond motifs is 1. The molecule has 0 aliphatic carbocycles. The molecule has 9 heteroatoms. The lowest BCUT2D eigenvalue weighted by Gasteiger charge is -2.30. The third-order valence-corrected chi connectivity index (χ3v) is 7.61. The Balaban J connectivity index is 1.47. The number of aryl methyl sites for hydroxylation is 1. The number of aromatic nitrogens is 2. The van der Waals surface area contributed by atoms with Crippen LogP contribution in [-0.2, 0) is 9.59 Å². The summed E-state index contributed by atoms with van der Waals surface area (Å²) in [6.07, 6.45) is 3.01. The summed E-state index contributed by atoms with van der Waals surface area (Å²) in [5, 5.41) is 14.1. The van der Waals surface area contributed by atoms with Crippen molar-refractivity contribution >= 4 is 29.4 Å². The first-order valence-corrected chi connectivity index (χ1v) is 12.3. The van der Waals surface area contributed by atoms with Gasteiger partial charge in [-0.1, -0.05) is 18.2 Å². The molecule has 0 spiro atoms. The van der Waals surface area contributed by atoms with Crippen LogP contribution in [0.15, 0.2) is 36.4 Å². The molecular weight excluding hydrogens is 424 g/mol. The van der Waals surface area contributed by atoms with Crippen LogP contribution in [0.2, 0.25) is 0 Å². The number of hydrogen-bond donors (Lipinski definition) is 3. The highest BCUT2D eigenvalue weighted by Crippen LogP contribution is 2.35. The normalized spacial score (nSPS) is 24.4. The molecule has 2 aromatic rings. The molecule has 3 N–H and O–H groups in total. The van der Waals surface area contributed by atoms with E-state index < -0.39 is 0 Å². The number of para-hydroxylation sites is 1. The average Bonchev–Trinajstić information content (AvgIpc) is 3.30. The molecule has 1 aromatic carbocycles. The van der Waals surface area contributed by atoms with E-state index in [2.05, 4.69) is 25.9 Å². The number of thioether (sulfide) groups is 1. The molecule has 3 heterocycles. The molecule has 4 atom stereocenters. The zero-order valence-corrected chi connectivity index (χ0v) is 19.7. The van der Waals surface area contributed by atoms with E-state index in [1.54, 1.807) is 11.7 Å². The smallest absolute Gasteiger partial charge is 0.243 e. The van der Waals surface area contributed by atoms with Crippen molar-refractivity contribution in [2.24, 2.45) is 0 Å². The molecule has 172 valence electrons. The molecule has 2 aliphatic heterocycles. The lowest BCUT2D eigenvalue weighted by molar-refractivity contribution is -0.123. The van der Waals surface area contributed by atoms with E-state index in [9.17, 15) is 9.59 Å². The Kier molecular flexibility index (Phi) is 7.17. The molecule has 2 saturated heterocycles. The minimum absolute atomic E-state index is 0.00559. The zero-order valence-electron chi connectivity index (χ0n) is 18.9. The molecule has 0 radical (unpaired) electrons. The summed E-state index contributed by atoms with van der Waals surface area (Å²) in [4.78, 5) is 28.0. The standard InChI is InChI=1S/C23H32N6O2S/c1-15-12-20(29(27-15)18-9-5-4-6-10-18)26-23(31)19-14-32-21-11-7-8-17(13-28(19)21)25-22(30)16(2)24-3/h4-6,9-10,12,16-17,19,21,24H,7-8,11,13-14H2,1-3H3,(H,25,30)(H,26,31)/t16-,17?,19-,21-/m0/s1. The summed E-state index contributed by atoms with van der Waals surface area (Å²) >= 11 is 1.84. The molecule has 2 aliphatic rings. The third-order valence-electron chi connectivity index (χ3n) is 6.21. The van der Waals surface area contributed by atoms with Crippen LogP contribution in [0.25, 0.3) is 5.69 Å². The van der Waals surface area contributed by atoms with E-state index in [-0.39, 0.29) is 29.9 Å². The number of nitrogens with zero attached hydrogens (tertiary/aromatic N) is 3. The average molecular weight is 457 g/mol. The van der Waals surface area contributed by atoms with Gasteiger partial charge in [-0.3, -0.25) is 14.5 Å². The van der Waals surface area contributed by atoms with Gasteiger partial charge in [0.2, 0.25) is 11.8 Å². The van der Waals surface area contributed by atoms with Crippen molar-refractivity contribution < 1.29 is 9.59 Å². The maximum absolute atomic E-state index is 13.4. The van der Waals surface area contributed by atoms with Crippen molar-refractivity contribution in [1.29, 1.82) is 0 Å². The molecular formula is C23H32N6O2S.